The maximum absolute atomic E-state index is 6.08. The molecule has 0 unspecified atom stereocenters. The maximum atomic E-state index is 6.08. The highest BCUT2D eigenvalue weighted by molar-refractivity contribution is 9.08. The number of halogens is 1. The van der Waals surface area contributed by atoms with Crippen LogP contribution in [0.5, 0.6) is 0 Å². The first-order valence-corrected chi connectivity index (χ1v) is 15.8. The van der Waals surface area contributed by atoms with Crippen LogP contribution in [0.1, 0.15) is 66.5 Å². The fourth-order valence-corrected chi connectivity index (χ4v) is 5.31. The minimum absolute atomic E-state index is 0.260. The first-order valence-electron chi connectivity index (χ1n) is 13.7. The fraction of sp³-hybridized carbons (Fsp3) is 0.452. The lowest BCUT2D eigenvalue weighted by Gasteiger charge is -2.32. The zero-order valence-electron chi connectivity index (χ0n) is 24.9. The molecule has 3 heterocycles. The Morgan fingerprint density at radius 2 is 0.975 bits per heavy atom. The third-order valence-corrected chi connectivity index (χ3v) is 9.95. The van der Waals surface area contributed by atoms with E-state index >= 15 is 0 Å². The molecule has 2 aromatic carbocycles. The van der Waals surface area contributed by atoms with Crippen LogP contribution in [0.2, 0.25) is 0 Å². The van der Waals surface area contributed by atoms with E-state index in [9.17, 15) is 0 Å². The summed E-state index contributed by atoms with van der Waals surface area (Å²) in [7, 11) is -0.550. The van der Waals surface area contributed by atoms with Gasteiger partial charge in [0, 0.05) is 28.4 Å². The molecule has 0 amide bonds. The van der Waals surface area contributed by atoms with Crippen LogP contribution in [0.25, 0.3) is 0 Å². The van der Waals surface area contributed by atoms with Gasteiger partial charge >= 0.3 is 14.2 Å². The predicted molar refractivity (Wildman–Crippen MR) is 171 cm³/mol. The third-order valence-electron chi connectivity index (χ3n) is 8.22. The number of alkyl halides is 1. The van der Waals surface area contributed by atoms with Crippen LogP contribution >= 0.6 is 27.7 Å². The summed E-state index contributed by atoms with van der Waals surface area (Å²) < 4.78 is 24.1. The smallest absolute Gasteiger partial charge is 0.399 e. The molecule has 0 atom stereocenters. The zero-order valence-corrected chi connectivity index (χ0v) is 27.3. The molecule has 1 aromatic heterocycles. The van der Waals surface area contributed by atoms with Gasteiger partial charge in [0.2, 0.25) is 0 Å². The number of benzene rings is 2. The van der Waals surface area contributed by atoms with Gasteiger partial charge in [0.1, 0.15) is 0 Å². The molecule has 2 aliphatic rings. The van der Waals surface area contributed by atoms with Crippen LogP contribution < -0.4 is 10.9 Å². The van der Waals surface area contributed by atoms with E-state index in [0.717, 1.165) is 22.0 Å². The highest BCUT2D eigenvalue weighted by atomic mass is 79.9. The molecule has 2 aliphatic heterocycles. The first-order chi connectivity index (χ1) is 18.7. The van der Waals surface area contributed by atoms with Crippen molar-refractivity contribution < 1.29 is 18.6 Å². The summed E-state index contributed by atoms with van der Waals surface area (Å²) in [4.78, 5) is 5.27. The van der Waals surface area contributed by atoms with E-state index in [1.165, 1.54) is 16.0 Å². The van der Waals surface area contributed by atoms with Crippen LogP contribution in [-0.2, 0) is 29.7 Å². The SMILES string of the molecule is CC1(C)OB(c2ccc(CBr)cc2)OC1(C)C.CC1(C)OB(c2ccc(CSc3ccncc3)cc2)OC1(C)C. The Morgan fingerprint density at radius 3 is 1.35 bits per heavy atom. The Kier molecular flexibility index (Phi) is 9.65. The molecule has 0 saturated carbocycles. The summed E-state index contributed by atoms with van der Waals surface area (Å²) in [6.45, 7) is 16.6. The van der Waals surface area contributed by atoms with Gasteiger partial charge in [0.25, 0.3) is 0 Å². The molecule has 0 spiro atoms. The molecule has 0 aliphatic carbocycles. The molecule has 0 radical (unpaired) electrons. The van der Waals surface area contributed by atoms with Gasteiger partial charge in [-0.25, -0.2) is 0 Å². The molecule has 9 heteroatoms. The molecule has 212 valence electrons. The van der Waals surface area contributed by atoms with E-state index in [1.54, 1.807) is 0 Å². The second-order valence-electron chi connectivity index (χ2n) is 12.3. The fourth-order valence-electron chi connectivity index (χ4n) is 4.09. The van der Waals surface area contributed by atoms with Gasteiger partial charge in [-0.15, -0.1) is 11.8 Å². The van der Waals surface area contributed by atoms with Crippen molar-refractivity contribution in [1.29, 1.82) is 0 Å². The Balaban J connectivity index is 0.000000194. The van der Waals surface area contributed by atoms with Crippen molar-refractivity contribution in [3.05, 3.63) is 84.2 Å². The molecule has 3 aromatic rings. The van der Waals surface area contributed by atoms with Crippen molar-refractivity contribution in [2.24, 2.45) is 0 Å². The molecular formula is C31H40B2BrNO4S. The molecule has 5 nitrogen and oxygen atoms in total. The molecular weight excluding hydrogens is 584 g/mol. The minimum Gasteiger partial charge on any atom is -0.399 e. The molecule has 40 heavy (non-hydrogen) atoms. The molecule has 0 N–H and O–H groups in total. The van der Waals surface area contributed by atoms with Crippen molar-refractivity contribution in [2.45, 2.75) is 93.8 Å². The standard InChI is InChI=1S/C18H22BNO2S.C13H18BBrO2/c1-17(2)18(3,4)22-19(21-17)15-7-5-14(6-8-15)13-23-16-9-11-20-12-10-16;1-12(2)13(3,4)17-14(16-12)11-7-5-10(9-15)6-8-11/h5-12H,13H2,1-4H3;5-8H,9H2,1-4H3. The number of thioether (sulfide) groups is 1. The number of hydrogen-bond donors (Lipinski definition) is 0. The van der Waals surface area contributed by atoms with Crippen LogP contribution in [0.3, 0.4) is 0 Å². The van der Waals surface area contributed by atoms with Crippen LogP contribution in [0.15, 0.2) is 78.0 Å². The Labute approximate surface area is 253 Å². The van der Waals surface area contributed by atoms with E-state index in [0.29, 0.717) is 0 Å². The normalized spacial score (nSPS) is 20.2. The average Bonchev–Trinajstić information content (AvgIpc) is 3.28. The number of rotatable bonds is 6. The highest BCUT2D eigenvalue weighted by Gasteiger charge is 2.52. The molecule has 2 fully saturated rings. The van der Waals surface area contributed by atoms with Crippen molar-refractivity contribution in [1.82, 2.24) is 4.98 Å². The third kappa shape index (κ3) is 7.23. The highest BCUT2D eigenvalue weighted by Crippen LogP contribution is 2.37. The second kappa shape index (κ2) is 12.3. The van der Waals surface area contributed by atoms with E-state index in [2.05, 4.69) is 125 Å². The number of hydrogen-bond acceptors (Lipinski definition) is 6. The van der Waals surface area contributed by atoms with Crippen molar-refractivity contribution in [2.75, 3.05) is 0 Å². The number of nitrogens with zero attached hydrogens (tertiary/aromatic N) is 1. The summed E-state index contributed by atoms with van der Waals surface area (Å²) >= 11 is 5.25. The van der Waals surface area contributed by atoms with Crippen molar-refractivity contribution in [3.8, 4) is 0 Å². The molecule has 0 bridgehead atoms. The van der Waals surface area contributed by atoms with E-state index < -0.39 is 0 Å². The predicted octanol–water partition coefficient (Wildman–Crippen LogP) is 6.55. The Hall–Kier alpha value is -1.61. The van der Waals surface area contributed by atoms with Gasteiger partial charge in [-0.1, -0.05) is 64.5 Å². The summed E-state index contributed by atoms with van der Waals surface area (Å²) in [5.74, 6) is 0.938. The van der Waals surface area contributed by atoms with Gasteiger partial charge in [-0.05, 0) is 89.6 Å². The zero-order chi connectivity index (χ0) is 29.2. The van der Waals surface area contributed by atoms with Gasteiger partial charge < -0.3 is 18.6 Å². The van der Waals surface area contributed by atoms with Crippen LogP contribution in [0, 0.1) is 0 Å². The summed E-state index contributed by atoms with van der Waals surface area (Å²) in [5.41, 5.74) is 3.55. The Bertz CT molecular complexity index is 1220. The topological polar surface area (TPSA) is 49.8 Å². The summed E-state index contributed by atoms with van der Waals surface area (Å²) in [5, 5.41) is 0.872. The lowest BCUT2D eigenvalue weighted by Crippen LogP contribution is -2.41. The average molecular weight is 624 g/mol. The molecule has 5 rings (SSSR count). The first kappa shape index (κ1) is 31.3. The Morgan fingerprint density at radius 1 is 0.600 bits per heavy atom. The molecule has 2 saturated heterocycles. The van der Waals surface area contributed by atoms with Crippen LogP contribution in [-0.4, -0.2) is 41.6 Å². The van der Waals surface area contributed by atoms with Crippen LogP contribution in [0.4, 0.5) is 0 Å². The largest absolute Gasteiger partial charge is 0.494 e. The van der Waals surface area contributed by atoms with Gasteiger partial charge in [-0.2, -0.15) is 0 Å². The van der Waals surface area contributed by atoms with Crippen molar-refractivity contribution in [3.63, 3.8) is 0 Å². The quantitative estimate of drug-likeness (QED) is 0.176. The monoisotopic (exact) mass is 623 g/mol. The maximum Gasteiger partial charge on any atom is 0.494 e. The summed E-state index contributed by atoms with van der Waals surface area (Å²) in [6, 6.07) is 20.9. The lowest BCUT2D eigenvalue weighted by atomic mass is 9.79. The number of pyridine rings is 1. The van der Waals surface area contributed by atoms with Gasteiger partial charge in [-0.3, -0.25) is 4.98 Å². The van der Waals surface area contributed by atoms with E-state index in [-0.39, 0.29) is 36.6 Å². The number of aromatic nitrogens is 1. The van der Waals surface area contributed by atoms with Gasteiger partial charge in [0.05, 0.1) is 22.4 Å². The van der Waals surface area contributed by atoms with Crippen molar-refractivity contribution >= 4 is 52.9 Å². The van der Waals surface area contributed by atoms with E-state index in [1.807, 2.05) is 36.3 Å². The summed E-state index contributed by atoms with van der Waals surface area (Å²) in [6.07, 6.45) is 3.65. The second-order valence-corrected chi connectivity index (χ2v) is 13.9. The minimum atomic E-state index is -0.298. The van der Waals surface area contributed by atoms with E-state index in [4.69, 9.17) is 18.6 Å². The van der Waals surface area contributed by atoms with Gasteiger partial charge in [0.15, 0.2) is 0 Å². The lowest BCUT2D eigenvalue weighted by molar-refractivity contribution is 0.00578.